The van der Waals surface area contributed by atoms with Crippen molar-refractivity contribution in [2.75, 3.05) is 6.54 Å². The van der Waals surface area contributed by atoms with E-state index in [0.29, 0.717) is 5.56 Å². The van der Waals surface area contributed by atoms with Gasteiger partial charge in [-0.05, 0) is 42.7 Å². The molecule has 2 rings (SSSR count). The first-order chi connectivity index (χ1) is 10.4. The minimum absolute atomic E-state index is 0.0259. The molecule has 7 heteroatoms. The number of nitrogens with one attached hydrogen (secondary N) is 2. The third-order valence-electron chi connectivity index (χ3n) is 3.42. The first-order valence-corrected chi connectivity index (χ1v) is 8.08. The van der Waals surface area contributed by atoms with Gasteiger partial charge in [0.15, 0.2) is 0 Å². The number of thiophene rings is 1. The second kappa shape index (κ2) is 6.93. The molecule has 0 fully saturated rings. The molecule has 0 radical (unpaired) electrons. The van der Waals surface area contributed by atoms with E-state index in [1.165, 1.54) is 5.56 Å². The van der Waals surface area contributed by atoms with E-state index in [4.69, 9.17) is 0 Å². The highest BCUT2D eigenvalue weighted by Gasteiger charge is 2.25. The van der Waals surface area contributed by atoms with Gasteiger partial charge in [0.1, 0.15) is 5.60 Å². The van der Waals surface area contributed by atoms with Crippen LogP contribution in [-0.2, 0) is 19.1 Å². The zero-order chi connectivity index (χ0) is 16.2. The van der Waals surface area contributed by atoms with E-state index in [0.717, 1.165) is 6.42 Å². The molecule has 0 bridgehead atoms. The fourth-order valence-electron chi connectivity index (χ4n) is 2.14. The summed E-state index contributed by atoms with van der Waals surface area (Å²) in [4.78, 5) is 11.9. The number of hydrogen-bond acceptors (Lipinski definition) is 4. The van der Waals surface area contributed by atoms with E-state index in [-0.39, 0.29) is 18.6 Å². The molecule has 2 atom stereocenters. The number of amides is 2. The molecule has 0 aliphatic rings. The number of nitrogens with zero attached hydrogens (tertiary/aromatic N) is 2. The topological polar surface area (TPSA) is 79.2 Å². The van der Waals surface area contributed by atoms with Crippen molar-refractivity contribution in [3.05, 3.63) is 40.3 Å². The summed E-state index contributed by atoms with van der Waals surface area (Å²) in [6.07, 6.45) is 4.12. The van der Waals surface area contributed by atoms with Gasteiger partial charge in [0.05, 0.1) is 12.7 Å². The molecule has 2 amide bonds. The van der Waals surface area contributed by atoms with Crippen LogP contribution in [-0.4, -0.2) is 33.5 Å². The lowest BCUT2D eigenvalue weighted by Crippen LogP contribution is -2.46. The van der Waals surface area contributed by atoms with Crippen LogP contribution in [0.1, 0.15) is 25.0 Å². The van der Waals surface area contributed by atoms with Crippen LogP contribution in [0.5, 0.6) is 0 Å². The van der Waals surface area contributed by atoms with Crippen molar-refractivity contribution in [3.63, 3.8) is 0 Å². The summed E-state index contributed by atoms with van der Waals surface area (Å²) in [6.45, 7) is 3.73. The number of rotatable bonds is 6. The van der Waals surface area contributed by atoms with E-state index in [2.05, 4.69) is 21.1 Å². The van der Waals surface area contributed by atoms with Crippen LogP contribution in [0, 0.1) is 0 Å². The Morgan fingerprint density at radius 1 is 1.59 bits per heavy atom. The lowest BCUT2D eigenvalue weighted by atomic mass is 10.00. The molecule has 0 spiro atoms. The van der Waals surface area contributed by atoms with Crippen molar-refractivity contribution in [1.29, 1.82) is 0 Å². The van der Waals surface area contributed by atoms with Gasteiger partial charge in [-0.15, -0.1) is 0 Å². The van der Waals surface area contributed by atoms with Gasteiger partial charge in [0.2, 0.25) is 0 Å². The molecule has 2 aromatic heterocycles. The number of aromatic nitrogens is 2. The lowest BCUT2D eigenvalue weighted by molar-refractivity contribution is 0.0592. The van der Waals surface area contributed by atoms with Gasteiger partial charge >= 0.3 is 6.03 Å². The Labute approximate surface area is 134 Å². The summed E-state index contributed by atoms with van der Waals surface area (Å²) >= 11 is 1.64. The number of carbonyl (C=O) groups excluding carboxylic acids is 1. The number of aliphatic hydroxyl groups is 1. The SMILES string of the molecule is C[C@H](Cc1ccsc1)NC(=O)NC[C@@](C)(O)c1cnn(C)c1. The summed E-state index contributed by atoms with van der Waals surface area (Å²) in [5, 5.41) is 24.1. The number of carbonyl (C=O) groups is 1. The zero-order valence-corrected chi connectivity index (χ0v) is 13.9. The summed E-state index contributed by atoms with van der Waals surface area (Å²) in [7, 11) is 1.78. The number of urea groups is 1. The molecule has 0 aliphatic heterocycles. The van der Waals surface area contributed by atoms with Crippen LogP contribution in [0.3, 0.4) is 0 Å². The van der Waals surface area contributed by atoms with E-state index < -0.39 is 5.60 Å². The Morgan fingerprint density at radius 2 is 2.36 bits per heavy atom. The van der Waals surface area contributed by atoms with Gasteiger partial charge in [-0.2, -0.15) is 16.4 Å². The Balaban J connectivity index is 1.79. The van der Waals surface area contributed by atoms with Crippen molar-refractivity contribution < 1.29 is 9.90 Å². The van der Waals surface area contributed by atoms with Gasteiger partial charge < -0.3 is 15.7 Å². The van der Waals surface area contributed by atoms with E-state index in [1.807, 2.05) is 18.4 Å². The molecule has 0 unspecified atom stereocenters. The van der Waals surface area contributed by atoms with Crippen LogP contribution >= 0.6 is 11.3 Å². The molecule has 2 heterocycles. The van der Waals surface area contributed by atoms with Gasteiger partial charge in [-0.3, -0.25) is 4.68 Å². The van der Waals surface area contributed by atoms with Crippen molar-refractivity contribution in [3.8, 4) is 0 Å². The van der Waals surface area contributed by atoms with Crippen LogP contribution in [0.4, 0.5) is 4.79 Å². The maximum atomic E-state index is 11.9. The third-order valence-corrected chi connectivity index (χ3v) is 4.15. The van der Waals surface area contributed by atoms with Crippen LogP contribution < -0.4 is 10.6 Å². The van der Waals surface area contributed by atoms with E-state index >= 15 is 0 Å². The number of hydrogen-bond donors (Lipinski definition) is 3. The second-order valence-corrected chi connectivity index (χ2v) is 6.52. The largest absolute Gasteiger partial charge is 0.383 e. The standard InChI is InChI=1S/C15H22N4O2S/c1-11(6-12-4-5-22-9-12)18-14(20)16-10-15(2,21)13-7-17-19(3)8-13/h4-5,7-9,11,21H,6,10H2,1-3H3,(H2,16,18,20)/t11-,15-/m1/s1. The molecule has 6 nitrogen and oxygen atoms in total. The maximum Gasteiger partial charge on any atom is 0.315 e. The Bertz CT molecular complexity index is 607. The van der Waals surface area contributed by atoms with Gasteiger partial charge in [0, 0.05) is 24.8 Å². The summed E-state index contributed by atoms with van der Waals surface area (Å²) in [6, 6.07) is 1.79. The van der Waals surface area contributed by atoms with E-state index in [1.54, 1.807) is 42.4 Å². The van der Waals surface area contributed by atoms with Crippen LogP contribution in [0.25, 0.3) is 0 Å². The molecular formula is C15H22N4O2S. The predicted octanol–water partition coefficient (Wildman–Crippen LogP) is 1.62. The molecule has 22 heavy (non-hydrogen) atoms. The maximum absolute atomic E-state index is 11.9. The highest BCUT2D eigenvalue weighted by atomic mass is 32.1. The monoisotopic (exact) mass is 322 g/mol. The van der Waals surface area contributed by atoms with Crippen LogP contribution in [0.2, 0.25) is 0 Å². The fraction of sp³-hybridized carbons (Fsp3) is 0.467. The molecule has 0 aliphatic carbocycles. The highest BCUT2D eigenvalue weighted by molar-refractivity contribution is 7.07. The summed E-state index contributed by atoms with van der Waals surface area (Å²) in [5.74, 6) is 0. The summed E-state index contributed by atoms with van der Waals surface area (Å²) in [5.41, 5.74) is 0.726. The minimum Gasteiger partial charge on any atom is -0.383 e. The first-order valence-electron chi connectivity index (χ1n) is 7.14. The quantitative estimate of drug-likeness (QED) is 0.756. The highest BCUT2D eigenvalue weighted by Crippen LogP contribution is 2.18. The number of aryl methyl sites for hydroxylation is 1. The van der Waals surface area contributed by atoms with Crippen molar-refractivity contribution in [1.82, 2.24) is 20.4 Å². The average molecular weight is 322 g/mol. The van der Waals surface area contributed by atoms with Gasteiger partial charge in [-0.1, -0.05) is 0 Å². The zero-order valence-electron chi connectivity index (χ0n) is 13.0. The Kier molecular flexibility index (Phi) is 5.20. The molecular weight excluding hydrogens is 300 g/mol. The van der Waals surface area contributed by atoms with E-state index in [9.17, 15) is 9.90 Å². The Morgan fingerprint density at radius 3 is 2.95 bits per heavy atom. The van der Waals surface area contributed by atoms with Crippen molar-refractivity contribution in [2.24, 2.45) is 7.05 Å². The minimum atomic E-state index is -1.15. The normalized spacial score (nSPS) is 15.1. The lowest BCUT2D eigenvalue weighted by Gasteiger charge is -2.23. The summed E-state index contributed by atoms with van der Waals surface area (Å²) < 4.78 is 1.62. The third kappa shape index (κ3) is 4.57. The fourth-order valence-corrected chi connectivity index (χ4v) is 2.82. The second-order valence-electron chi connectivity index (χ2n) is 5.74. The average Bonchev–Trinajstić information content (AvgIpc) is 3.08. The molecule has 2 aromatic rings. The first kappa shape index (κ1) is 16.5. The molecule has 0 saturated carbocycles. The van der Waals surface area contributed by atoms with Crippen molar-refractivity contribution in [2.45, 2.75) is 31.9 Å². The molecule has 0 aromatic carbocycles. The van der Waals surface area contributed by atoms with Crippen LogP contribution in [0.15, 0.2) is 29.2 Å². The van der Waals surface area contributed by atoms with Gasteiger partial charge in [0.25, 0.3) is 0 Å². The predicted molar refractivity (Wildman–Crippen MR) is 86.8 cm³/mol. The Hall–Kier alpha value is -1.86. The molecule has 120 valence electrons. The van der Waals surface area contributed by atoms with Crippen molar-refractivity contribution >= 4 is 17.4 Å². The molecule has 0 saturated heterocycles. The molecule has 3 N–H and O–H groups in total. The van der Waals surface area contributed by atoms with Gasteiger partial charge in [-0.25, -0.2) is 4.79 Å². The smallest absolute Gasteiger partial charge is 0.315 e.